The van der Waals surface area contributed by atoms with Gasteiger partial charge >= 0.3 is 0 Å². The Morgan fingerprint density at radius 1 is 1.00 bits per heavy atom. The predicted molar refractivity (Wildman–Crippen MR) is 77.3 cm³/mol. The van der Waals surface area contributed by atoms with Gasteiger partial charge in [-0.05, 0) is 19.8 Å². The first-order valence-electron chi connectivity index (χ1n) is 6.66. The van der Waals surface area contributed by atoms with Gasteiger partial charge in [0, 0.05) is 26.9 Å². The van der Waals surface area contributed by atoms with Crippen molar-refractivity contribution in [3.63, 3.8) is 0 Å². The Balaban J connectivity index is 5.20. The van der Waals surface area contributed by atoms with Crippen LogP contribution in [0.3, 0.4) is 0 Å². The van der Waals surface area contributed by atoms with E-state index in [2.05, 4.69) is 13.8 Å². The summed E-state index contributed by atoms with van der Waals surface area (Å²) in [5.74, 6) is 0.128. The van der Waals surface area contributed by atoms with Gasteiger partial charge in [0.2, 0.25) is 11.8 Å². The van der Waals surface area contributed by atoms with Crippen LogP contribution in [0.25, 0.3) is 0 Å². The molecule has 18 heavy (non-hydrogen) atoms. The number of amides is 2. The van der Waals surface area contributed by atoms with Crippen molar-refractivity contribution in [1.29, 1.82) is 0 Å². The quantitative estimate of drug-likeness (QED) is 0.662. The number of hydrogen-bond acceptors (Lipinski definition) is 2. The van der Waals surface area contributed by atoms with Gasteiger partial charge in [0.05, 0.1) is 0 Å². The topological polar surface area (TPSA) is 40.6 Å². The standard InChI is InChI=1S/C13H26N2O2Si/c1-6-9-14(12(4)16)18(11-8-3)15(10-7-2)13(5)17/h8,11,18H,6-7,9-10H2,1-5H3. The molecule has 0 aromatic carbocycles. The SMILES string of the molecule is CC=C[SiH](N(CCC)C(C)=O)N(CCC)C(C)=O. The van der Waals surface area contributed by atoms with Crippen LogP contribution in [0.15, 0.2) is 11.8 Å². The van der Waals surface area contributed by atoms with E-state index in [0.717, 1.165) is 25.9 Å². The molecule has 0 saturated carbocycles. The molecule has 104 valence electrons. The molecule has 0 fully saturated rings. The van der Waals surface area contributed by atoms with E-state index >= 15 is 0 Å². The second kappa shape index (κ2) is 8.91. The lowest BCUT2D eigenvalue weighted by Gasteiger charge is -2.35. The zero-order valence-electron chi connectivity index (χ0n) is 12.3. The largest absolute Gasteiger partial charge is 0.351 e. The Kier molecular flexibility index (Phi) is 8.37. The van der Waals surface area contributed by atoms with E-state index in [-0.39, 0.29) is 11.8 Å². The summed E-state index contributed by atoms with van der Waals surface area (Å²) >= 11 is 0. The molecule has 0 atom stereocenters. The van der Waals surface area contributed by atoms with Crippen LogP contribution >= 0.6 is 0 Å². The molecule has 0 aliphatic heterocycles. The highest BCUT2D eigenvalue weighted by molar-refractivity contribution is 6.63. The number of rotatable bonds is 7. The van der Waals surface area contributed by atoms with Crippen molar-refractivity contribution in [1.82, 2.24) is 9.13 Å². The molecule has 0 saturated heterocycles. The van der Waals surface area contributed by atoms with Gasteiger partial charge in [-0.1, -0.05) is 25.6 Å². The van der Waals surface area contributed by atoms with Crippen molar-refractivity contribution in [3.05, 3.63) is 11.8 Å². The molecule has 0 aromatic heterocycles. The molecule has 0 heterocycles. The summed E-state index contributed by atoms with van der Waals surface area (Å²) in [7, 11) is -1.83. The first-order valence-corrected chi connectivity index (χ1v) is 8.36. The van der Waals surface area contributed by atoms with Gasteiger partial charge in [0.25, 0.3) is 9.12 Å². The van der Waals surface area contributed by atoms with E-state index in [1.54, 1.807) is 13.8 Å². The Labute approximate surface area is 112 Å². The van der Waals surface area contributed by atoms with Crippen molar-refractivity contribution in [2.24, 2.45) is 0 Å². The Morgan fingerprint density at radius 2 is 1.39 bits per heavy atom. The molecular weight excluding hydrogens is 244 g/mol. The molecule has 0 bridgehead atoms. The second-order valence-electron chi connectivity index (χ2n) is 4.36. The zero-order valence-corrected chi connectivity index (χ0v) is 13.4. The van der Waals surface area contributed by atoms with Crippen molar-refractivity contribution < 1.29 is 9.59 Å². The molecule has 0 N–H and O–H groups in total. The third kappa shape index (κ3) is 5.04. The minimum atomic E-state index is -1.83. The molecule has 0 unspecified atom stereocenters. The van der Waals surface area contributed by atoms with Crippen LogP contribution in [0.1, 0.15) is 47.5 Å². The van der Waals surface area contributed by atoms with Crippen LogP contribution in [-0.2, 0) is 9.59 Å². The van der Waals surface area contributed by atoms with Crippen LogP contribution in [-0.4, -0.2) is 43.2 Å². The van der Waals surface area contributed by atoms with Gasteiger partial charge < -0.3 is 9.13 Å². The van der Waals surface area contributed by atoms with Crippen molar-refractivity contribution in [3.8, 4) is 0 Å². The van der Waals surface area contributed by atoms with Crippen LogP contribution in [0, 0.1) is 0 Å². The average Bonchev–Trinajstić information content (AvgIpc) is 2.30. The summed E-state index contributed by atoms with van der Waals surface area (Å²) in [6.45, 7) is 10.7. The minimum Gasteiger partial charge on any atom is -0.351 e. The second-order valence-corrected chi connectivity index (χ2v) is 6.82. The summed E-state index contributed by atoms with van der Waals surface area (Å²) in [6.07, 6.45) is 3.78. The Bertz CT molecular complexity index is 281. The highest BCUT2D eigenvalue weighted by atomic mass is 28.3. The monoisotopic (exact) mass is 270 g/mol. The van der Waals surface area contributed by atoms with Gasteiger partial charge in [-0.2, -0.15) is 0 Å². The molecule has 0 aliphatic carbocycles. The van der Waals surface area contributed by atoms with E-state index in [1.807, 2.05) is 27.8 Å². The molecule has 0 aliphatic rings. The average molecular weight is 270 g/mol. The molecule has 4 nitrogen and oxygen atoms in total. The van der Waals surface area contributed by atoms with E-state index in [0.29, 0.717) is 0 Å². The maximum Gasteiger partial charge on any atom is 0.277 e. The number of hydrogen-bond donors (Lipinski definition) is 0. The van der Waals surface area contributed by atoms with Crippen molar-refractivity contribution in [2.75, 3.05) is 13.1 Å². The number of carbonyl (C=O) groups excluding carboxylic acids is 2. The lowest BCUT2D eigenvalue weighted by Crippen LogP contribution is -2.55. The maximum atomic E-state index is 11.8. The fraction of sp³-hybridized carbons (Fsp3) is 0.692. The zero-order chi connectivity index (χ0) is 14.1. The molecule has 0 rings (SSSR count). The number of nitrogens with zero attached hydrogens (tertiary/aromatic N) is 2. The lowest BCUT2D eigenvalue weighted by atomic mass is 10.5. The van der Waals surface area contributed by atoms with E-state index < -0.39 is 9.12 Å². The van der Waals surface area contributed by atoms with Crippen molar-refractivity contribution >= 4 is 20.9 Å². The predicted octanol–water partition coefficient (Wildman–Crippen LogP) is 1.84. The van der Waals surface area contributed by atoms with E-state index in [9.17, 15) is 9.59 Å². The molecule has 2 amide bonds. The van der Waals surface area contributed by atoms with Crippen LogP contribution in [0.2, 0.25) is 0 Å². The smallest absolute Gasteiger partial charge is 0.277 e. The first kappa shape index (κ1) is 16.9. The first-order chi connectivity index (χ1) is 8.49. The minimum absolute atomic E-state index is 0.0639. The van der Waals surface area contributed by atoms with E-state index in [1.165, 1.54) is 0 Å². The maximum absolute atomic E-state index is 11.8. The summed E-state index contributed by atoms with van der Waals surface area (Å²) in [6, 6.07) is 0. The number of carbonyl (C=O) groups is 2. The molecule has 5 heteroatoms. The van der Waals surface area contributed by atoms with Gasteiger partial charge in [-0.15, -0.1) is 0 Å². The highest BCUT2D eigenvalue weighted by Gasteiger charge is 2.28. The fourth-order valence-electron chi connectivity index (χ4n) is 1.98. The van der Waals surface area contributed by atoms with Crippen LogP contribution in [0.4, 0.5) is 0 Å². The molecule has 0 spiro atoms. The summed E-state index contributed by atoms with van der Waals surface area (Å²) in [4.78, 5) is 23.5. The van der Waals surface area contributed by atoms with Gasteiger partial charge in [-0.25, -0.2) is 0 Å². The molecular formula is C13H26N2O2Si. The summed E-state index contributed by atoms with van der Waals surface area (Å²) in [5, 5.41) is 0. The lowest BCUT2D eigenvalue weighted by molar-refractivity contribution is -0.126. The van der Waals surface area contributed by atoms with Crippen LogP contribution < -0.4 is 0 Å². The van der Waals surface area contributed by atoms with Crippen molar-refractivity contribution in [2.45, 2.75) is 47.5 Å². The highest BCUT2D eigenvalue weighted by Crippen LogP contribution is 2.07. The van der Waals surface area contributed by atoms with Gasteiger partial charge in [0.15, 0.2) is 0 Å². The number of allylic oxidation sites excluding steroid dienone is 1. The van der Waals surface area contributed by atoms with E-state index in [4.69, 9.17) is 0 Å². The fourth-order valence-corrected chi connectivity index (χ4v) is 4.87. The third-order valence-electron chi connectivity index (χ3n) is 2.74. The summed E-state index contributed by atoms with van der Waals surface area (Å²) < 4.78 is 3.77. The summed E-state index contributed by atoms with van der Waals surface area (Å²) in [5.41, 5.74) is 2.05. The Hall–Kier alpha value is -1.10. The third-order valence-corrected chi connectivity index (χ3v) is 5.99. The van der Waals surface area contributed by atoms with Crippen LogP contribution in [0.5, 0.6) is 0 Å². The molecule has 0 aromatic rings. The molecule has 0 radical (unpaired) electrons. The Morgan fingerprint density at radius 3 is 1.61 bits per heavy atom. The van der Waals surface area contributed by atoms with Gasteiger partial charge in [0.1, 0.15) is 0 Å². The van der Waals surface area contributed by atoms with Gasteiger partial charge in [-0.3, -0.25) is 9.59 Å². The normalized spacial score (nSPS) is 11.0.